The van der Waals surface area contributed by atoms with Crippen molar-refractivity contribution in [1.29, 1.82) is 0 Å². The van der Waals surface area contributed by atoms with E-state index in [-0.39, 0.29) is 35.8 Å². The molecular weight excluding hydrogens is 545 g/mol. The number of carbonyl (C=O) groups excluding carboxylic acids is 1. The summed E-state index contributed by atoms with van der Waals surface area (Å²) in [5, 5.41) is -0.175. The van der Waals surface area contributed by atoms with E-state index in [1.807, 2.05) is 30.3 Å². The van der Waals surface area contributed by atoms with Crippen LogP contribution in [0.2, 0.25) is 0 Å². The highest BCUT2D eigenvalue weighted by molar-refractivity contribution is 7.90. The van der Waals surface area contributed by atoms with Gasteiger partial charge in [-0.25, -0.2) is 17.8 Å². The van der Waals surface area contributed by atoms with E-state index in [4.69, 9.17) is 9.47 Å². The predicted octanol–water partition coefficient (Wildman–Crippen LogP) is 4.87. The molecule has 1 aromatic heterocycles. The fourth-order valence-electron chi connectivity index (χ4n) is 4.97. The lowest BCUT2D eigenvalue weighted by molar-refractivity contribution is 0.0501. The molecule has 0 unspecified atom stereocenters. The van der Waals surface area contributed by atoms with E-state index in [1.54, 1.807) is 46.9 Å². The van der Waals surface area contributed by atoms with Gasteiger partial charge < -0.3 is 18.9 Å². The highest BCUT2D eigenvalue weighted by Gasteiger charge is 2.29. The molecule has 0 radical (unpaired) electrons. The quantitative estimate of drug-likeness (QED) is 0.253. The molecule has 1 atom stereocenters. The molecule has 0 bridgehead atoms. The molecule has 0 spiro atoms. The van der Waals surface area contributed by atoms with Crippen molar-refractivity contribution >= 4 is 15.7 Å². The van der Waals surface area contributed by atoms with Crippen LogP contribution in [0.15, 0.2) is 90.2 Å². The molecule has 2 heterocycles. The first-order valence-electron chi connectivity index (χ1n) is 13.4. The van der Waals surface area contributed by atoms with Crippen LogP contribution in [-0.2, 0) is 33.4 Å². The summed E-state index contributed by atoms with van der Waals surface area (Å²) in [5.41, 5.74) is 1.91. The maximum absolute atomic E-state index is 14.4. The number of halogens is 1. The molecule has 1 aliphatic heterocycles. The fourth-order valence-corrected chi connectivity index (χ4v) is 6.48. The highest BCUT2D eigenvalue weighted by Crippen LogP contribution is 2.24. The standard InChI is InChI=1S/C31H32FN3O5S/c1-39-27-13-7-12-24(17-27)30(36)34(21-28-14-8-16-40-28)20-26-18-33-31(35(26)19-23-9-3-2-4-10-23)41(37,38)22-25-11-5-6-15-29(25)32/h2-7,9-13,15,17-18,28H,8,14,16,19-22H2,1H3/t28-/m0/s1. The molecule has 1 fully saturated rings. The third-order valence-electron chi connectivity index (χ3n) is 7.07. The first kappa shape index (κ1) is 28.5. The molecule has 5 rings (SSSR count). The van der Waals surface area contributed by atoms with E-state index in [2.05, 4.69) is 4.98 Å². The summed E-state index contributed by atoms with van der Waals surface area (Å²) < 4.78 is 54.4. The number of benzene rings is 3. The molecule has 10 heteroatoms. The number of methoxy groups -OCH3 is 1. The first-order valence-corrected chi connectivity index (χ1v) is 15.1. The third kappa shape index (κ3) is 6.83. The number of rotatable bonds is 11. The number of ether oxygens (including phenoxy) is 2. The van der Waals surface area contributed by atoms with Crippen molar-refractivity contribution in [3.05, 3.63) is 113 Å². The number of sulfone groups is 1. The first-order chi connectivity index (χ1) is 19.8. The van der Waals surface area contributed by atoms with Crippen molar-refractivity contribution < 1.29 is 27.1 Å². The average molecular weight is 578 g/mol. The number of imidazole rings is 1. The number of hydrogen-bond donors (Lipinski definition) is 0. The maximum Gasteiger partial charge on any atom is 0.254 e. The zero-order valence-electron chi connectivity index (χ0n) is 22.8. The number of hydrogen-bond acceptors (Lipinski definition) is 6. The Morgan fingerprint density at radius 1 is 1.10 bits per heavy atom. The molecule has 1 aliphatic rings. The van der Waals surface area contributed by atoms with Gasteiger partial charge in [0.1, 0.15) is 11.6 Å². The smallest absolute Gasteiger partial charge is 0.254 e. The minimum atomic E-state index is -4.04. The number of nitrogens with zero attached hydrogens (tertiary/aromatic N) is 3. The molecular formula is C31H32FN3O5S. The molecule has 41 heavy (non-hydrogen) atoms. The van der Waals surface area contributed by atoms with Gasteiger partial charge in [-0.05, 0) is 42.7 Å². The summed E-state index contributed by atoms with van der Waals surface area (Å²) in [7, 11) is -2.50. The Balaban J connectivity index is 1.52. The maximum atomic E-state index is 14.4. The summed E-state index contributed by atoms with van der Waals surface area (Å²) in [6.07, 6.45) is 3.10. The average Bonchev–Trinajstić information content (AvgIpc) is 3.64. The Labute approximate surface area is 239 Å². The summed E-state index contributed by atoms with van der Waals surface area (Å²) in [4.78, 5) is 19.8. The second-order valence-electron chi connectivity index (χ2n) is 10.0. The lowest BCUT2D eigenvalue weighted by atomic mass is 10.1. The van der Waals surface area contributed by atoms with Gasteiger partial charge in [0.15, 0.2) is 0 Å². The predicted molar refractivity (Wildman–Crippen MR) is 152 cm³/mol. The van der Waals surface area contributed by atoms with Crippen LogP contribution in [0.1, 0.15) is 40.0 Å². The minimum Gasteiger partial charge on any atom is -0.497 e. The molecule has 0 aliphatic carbocycles. The highest BCUT2D eigenvalue weighted by atomic mass is 32.2. The Bertz CT molecular complexity index is 1600. The van der Waals surface area contributed by atoms with Gasteiger partial charge in [0.25, 0.3) is 5.91 Å². The summed E-state index contributed by atoms with van der Waals surface area (Å²) in [6, 6.07) is 22.1. The van der Waals surface area contributed by atoms with Crippen molar-refractivity contribution in [2.45, 2.75) is 42.9 Å². The van der Waals surface area contributed by atoms with Crippen LogP contribution in [0.3, 0.4) is 0 Å². The van der Waals surface area contributed by atoms with Gasteiger partial charge in [0, 0.05) is 24.3 Å². The van der Waals surface area contributed by atoms with Crippen molar-refractivity contribution in [3.8, 4) is 5.75 Å². The van der Waals surface area contributed by atoms with E-state index in [9.17, 15) is 17.6 Å². The number of aromatic nitrogens is 2. The normalized spacial score (nSPS) is 15.1. The van der Waals surface area contributed by atoms with E-state index in [0.29, 0.717) is 30.2 Å². The van der Waals surface area contributed by atoms with Gasteiger partial charge in [-0.1, -0.05) is 54.6 Å². The Morgan fingerprint density at radius 3 is 2.61 bits per heavy atom. The second kappa shape index (κ2) is 12.7. The van der Waals surface area contributed by atoms with Gasteiger partial charge in [-0.2, -0.15) is 0 Å². The molecule has 0 N–H and O–H groups in total. The van der Waals surface area contributed by atoms with E-state index < -0.39 is 21.4 Å². The van der Waals surface area contributed by atoms with E-state index in [1.165, 1.54) is 24.4 Å². The van der Waals surface area contributed by atoms with Crippen LogP contribution < -0.4 is 4.74 Å². The van der Waals surface area contributed by atoms with Crippen molar-refractivity contribution in [2.75, 3.05) is 20.3 Å². The van der Waals surface area contributed by atoms with Crippen molar-refractivity contribution in [2.24, 2.45) is 0 Å². The molecule has 1 amide bonds. The van der Waals surface area contributed by atoms with Gasteiger partial charge in [0.05, 0.1) is 43.9 Å². The van der Waals surface area contributed by atoms with Crippen LogP contribution in [0.4, 0.5) is 4.39 Å². The van der Waals surface area contributed by atoms with Gasteiger partial charge >= 0.3 is 0 Å². The molecule has 214 valence electrons. The molecule has 8 nitrogen and oxygen atoms in total. The Morgan fingerprint density at radius 2 is 1.88 bits per heavy atom. The molecule has 1 saturated heterocycles. The molecule has 0 saturated carbocycles. The largest absolute Gasteiger partial charge is 0.497 e. The van der Waals surface area contributed by atoms with Gasteiger partial charge in [-0.3, -0.25) is 4.79 Å². The molecule has 4 aromatic rings. The lowest BCUT2D eigenvalue weighted by Crippen LogP contribution is -2.37. The van der Waals surface area contributed by atoms with Crippen LogP contribution in [0, 0.1) is 5.82 Å². The van der Waals surface area contributed by atoms with E-state index >= 15 is 0 Å². The monoisotopic (exact) mass is 577 g/mol. The summed E-state index contributed by atoms with van der Waals surface area (Å²) in [5.74, 6) is -0.803. The minimum absolute atomic E-state index is 0.0662. The van der Waals surface area contributed by atoms with Crippen LogP contribution in [0.5, 0.6) is 5.75 Å². The van der Waals surface area contributed by atoms with Crippen LogP contribution >= 0.6 is 0 Å². The Hall–Kier alpha value is -4.02. The fraction of sp³-hybridized carbons (Fsp3) is 0.290. The SMILES string of the molecule is COc1cccc(C(=O)N(Cc2cnc(S(=O)(=O)Cc3ccccc3F)n2Cc2ccccc2)C[C@@H]2CCCO2)c1. The van der Waals surface area contributed by atoms with Gasteiger partial charge in [-0.15, -0.1) is 0 Å². The number of amides is 1. The Kier molecular flexibility index (Phi) is 8.80. The summed E-state index contributed by atoms with van der Waals surface area (Å²) >= 11 is 0. The zero-order valence-corrected chi connectivity index (χ0v) is 23.6. The third-order valence-corrected chi connectivity index (χ3v) is 8.64. The summed E-state index contributed by atoms with van der Waals surface area (Å²) in [6.45, 7) is 1.29. The van der Waals surface area contributed by atoms with Crippen LogP contribution in [0.25, 0.3) is 0 Å². The van der Waals surface area contributed by atoms with Crippen LogP contribution in [-0.4, -0.2) is 55.1 Å². The zero-order chi connectivity index (χ0) is 28.8. The lowest BCUT2D eigenvalue weighted by Gasteiger charge is -2.26. The van der Waals surface area contributed by atoms with Crippen molar-refractivity contribution in [3.63, 3.8) is 0 Å². The number of carbonyl (C=O) groups is 1. The van der Waals surface area contributed by atoms with Crippen molar-refractivity contribution in [1.82, 2.24) is 14.5 Å². The molecule has 3 aromatic carbocycles. The van der Waals surface area contributed by atoms with Gasteiger partial charge in [0.2, 0.25) is 15.0 Å². The topological polar surface area (TPSA) is 90.7 Å². The second-order valence-corrected chi connectivity index (χ2v) is 11.9. The van der Waals surface area contributed by atoms with E-state index in [0.717, 1.165) is 18.4 Å².